The maximum atomic E-state index is 12.5. The largest absolute Gasteiger partial charge is 0.484 e. The van der Waals surface area contributed by atoms with Gasteiger partial charge in [0.15, 0.2) is 6.61 Å². The topological polar surface area (TPSA) is 84.5 Å². The molecule has 25 heavy (non-hydrogen) atoms. The number of carbonyl (C=O) groups is 1. The van der Waals surface area contributed by atoms with Crippen LogP contribution in [0.25, 0.3) is 0 Å². The third-order valence-electron chi connectivity index (χ3n) is 3.29. The molecule has 8 heteroatoms. The van der Waals surface area contributed by atoms with Gasteiger partial charge in [0.2, 0.25) is 0 Å². The number of hydrogen-bond acceptors (Lipinski definition) is 4. The quantitative estimate of drug-likeness (QED) is 0.771. The van der Waals surface area contributed by atoms with Crippen LogP contribution in [0, 0.1) is 6.92 Å². The smallest absolute Gasteiger partial charge is 0.261 e. The van der Waals surface area contributed by atoms with Crippen LogP contribution in [0.4, 0.5) is 5.69 Å². The number of likely N-dealkylation sites (N-methyl/N-ethyl adjacent to an activating group) is 1. The first-order chi connectivity index (χ1) is 11.8. The molecule has 1 amide bonds. The van der Waals surface area contributed by atoms with Gasteiger partial charge in [0, 0.05) is 17.3 Å². The van der Waals surface area contributed by atoms with Crippen molar-refractivity contribution in [3.05, 3.63) is 53.1 Å². The zero-order chi connectivity index (χ0) is 18.4. The van der Waals surface area contributed by atoms with E-state index in [9.17, 15) is 13.2 Å². The first-order valence-electron chi connectivity index (χ1n) is 7.60. The normalized spacial score (nSPS) is 11.0. The van der Waals surface area contributed by atoms with Crippen molar-refractivity contribution in [2.45, 2.75) is 18.7 Å². The summed E-state index contributed by atoms with van der Waals surface area (Å²) in [4.78, 5) is 11.5. The van der Waals surface area contributed by atoms with E-state index in [0.717, 1.165) is 0 Å². The molecule has 0 unspecified atom stereocenters. The van der Waals surface area contributed by atoms with Crippen molar-refractivity contribution in [3.63, 3.8) is 0 Å². The molecule has 2 N–H and O–H groups in total. The van der Waals surface area contributed by atoms with Crippen molar-refractivity contribution in [3.8, 4) is 5.75 Å². The molecular formula is C17H19ClN2O4S. The van der Waals surface area contributed by atoms with E-state index in [1.165, 1.54) is 18.2 Å². The molecule has 134 valence electrons. The molecule has 2 rings (SSSR count). The van der Waals surface area contributed by atoms with Gasteiger partial charge in [-0.25, -0.2) is 8.42 Å². The molecule has 0 aliphatic heterocycles. The van der Waals surface area contributed by atoms with Crippen molar-refractivity contribution >= 4 is 33.2 Å². The minimum absolute atomic E-state index is 0.102. The van der Waals surface area contributed by atoms with Crippen molar-refractivity contribution in [2.75, 3.05) is 17.9 Å². The van der Waals surface area contributed by atoms with Gasteiger partial charge in [-0.15, -0.1) is 0 Å². The molecule has 0 aliphatic rings. The Hall–Kier alpha value is -2.25. The number of amides is 1. The van der Waals surface area contributed by atoms with Crippen LogP contribution in [-0.2, 0) is 14.8 Å². The highest BCUT2D eigenvalue weighted by Crippen LogP contribution is 2.24. The molecular weight excluding hydrogens is 364 g/mol. The number of rotatable bonds is 7. The summed E-state index contributed by atoms with van der Waals surface area (Å²) in [5.74, 6) is 0.222. The standard InChI is InChI=1S/C17H19ClN2O4S/c1-3-19-17(21)11-24-16-9-8-15(10-12(16)2)25(22,23)20-14-6-4-13(18)5-7-14/h4-10,20H,3,11H2,1-2H3,(H,19,21). The fourth-order valence-corrected chi connectivity index (χ4v) is 3.34. The first kappa shape index (κ1) is 19.1. The highest BCUT2D eigenvalue weighted by molar-refractivity contribution is 7.92. The second kappa shape index (κ2) is 8.22. The van der Waals surface area contributed by atoms with Gasteiger partial charge in [-0.2, -0.15) is 0 Å². The molecule has 0 radical (unpaired) electrons. The number of carbonyl (C=O) groups excluding carboxylic acids is 1. The van der Waals surface area contributed by atoms with Gasteiger partial charge in [-0.3, -0.25) is 9.52 Å². The van der Waals surface area contributed by atoms with Gasteiger partial charge in [0.25, 0.3) is 15.9 Å². The summed E-state index contributed by atoms with van der Waals surface area (Å²) in [6, 6.07) is 10.8. The van der Waals surface area contributed by atoms with Crippen molar-refractivity contribution in [2.24, 2.45) is 0 Å². The Morgan fingerprint density at radius 2 is 1.84 bits per heavy atom. The number of halogens is 1. The Balaban J connectivity index is 2.12. The lowest BCUT2D eigenvalue weighted by molar-refractivity contribution is -0.122. The third-order valence-corrected chi connectivity index (χ3v) is 4.92. The summed E-state index contributed by atoms with van der Waals surface area (Å²) < 4.78 is 32.8. The van der Waals surface area contributed by atoms with Crippen LogP contribution in [-0.4, -0.2) is 27.5 Å². The predicted octanol–water partition coefficient (Wildman–Crippen LogP) is 2.96. The zero-order valence-corrected chi connectivity index (χ0v) is 15.4. The number of nitrogens with one attached hydrogen (secondary N) is 2. The molecule has 0 bridgehead atoms. The highest BCUT2D eigenvalue weighted by Gasteiger charge is 2.16. The maximum Gasteiger partial charge on any atom is 0.261 e. The van der Waals surface area contributed by atoms with Crippen LogP contribution in [0.3, 0.4) is 0 Å². The minimum atomic E-state index is -3.73. The monoisotopic (exact) mass is 382 g/mol. The number of anilines is 1. The van der Waals surface area contributed by atoms with Crippen LogP contribution >= 0.6 is 11.6 Å². The molecule has 0 heterocycles. The average molecular weight is 383 g/mol. The van der Waals surface area contributed by atoms with E-state index in [1.807, 2.05) is 6.92 Å². The van der Waals surface area contributed by atoms with Gasteiger partial charge in [0.1, 0.15) is 5.75 Å². The van der Waals surface area contributed by atoms with Crippen LogP contribution in [0.15, 0.2) is 47.4 Å². The van der Waals surface area contributed by atoms with Gasteiger partial charge in [-0.05, 0) is 61.9 Å². The van der Waals surface area contributed by atoms with E-state index in [-0.39, 0.29) is 17.4 Å². The number of ether oxygens (including phenoxy) is 1. The predicted molar refractivity (Wildman–Crippen MR) is 97.6 cm³/mol. The summed E-state index contributed by atoms with van der Waals surface area (Å²) in [5, 5.41) is 3.14. The Kier molecular flexibility index (Phi) is 6.27. The van der Waals surface area contributed by atoms with E-state index in [1.54, 1.807) is 31.2 Å². The van der Waals surface area contributed by atoms with Crippen molar-refractivity contribution < 1.29 is 17.9 Å². The highest BCUT2D eigenvalue weighted by atomic mass is 35.5. The molecule has 2 aromatic rings. The van der Waals surface area contributed by atoms with Crippen molar-refractivity contribution in [1.29, 1.82) is 0 Å². The summed E-state index contributed by atoms with van der Waals surface area (Å²) >= 11 is 5.79. The second-order valence-corrected chi connectivity index (χ2v) is 7.40. The molecule has 0 saturated heterocycles. The van der Waals surface area contributed by atoms with E-state index in [4.69, 9.17) is 16.3 Å². The molecule has 0 fully saturated rings. The summed E-state index contributed by atoms with van der Waals surface area (Å²) in [6.45, 7) is 3.93. The van der Waals surface area contributed by atoms with Gasteiger partial charge in [0.05, 0.1) is 4.90 Å². The maximum absolute atomic E-state index is 12.5. The number of hydrogen-bond donors (Lipinski definition) is 2. The zero-order valence-electron chi connectivity index (χ0n) is 13.9. The second-order valence-electron chi connectivity index (χ2n) is 5.28. The van der Waals surface area contributed by atoms with E-state index in [2.05, 4.69) is 10.0 Å². The Morgan fingerprint density at radius 1 is 1.16 bits per heavy atom. The van der Waals surface area contributed by atoms with E-state index in [0.29, 0.717) is 28.6 Å². The molecule has 6 nitrogen and oxygen atoms in total. The number of benzene rings is 2. The van der Waals surface area contributed by atoms with Gasteiger partial charge >= 0.3 is 0 Å². The molecule has 2 aromatic carbocycles. The van der Waals surface area contributed by atoms with Crippen LogP contribution < -0.4 is 14.8 Å². The lowest BCUT2D eigenvalue weighted by Gasteiger charge is -2.12. The number of sulfonamides is 1. The molecule has 0 aromatic heterocycles. The lowest BCUT2D eigenvalue weighted by Crippen LogP contribution is -2.28. The van der Waals surface area contributed by atoms with Gasteiger partial charge < -0.3 is 10.1 Å². The van der Waals surface area contributed by atoms with Crippen LogP contribution in [0.5, 0.6) is 5.75 Å². The van der Waals surface area contributed by atoms with Gasteiger partial charge in [-0.1, -0.05) is 11.6 Å². The summed E-state index contributed by atoms with van der Waals surface area (Å²) in [7, 11) is -3.73. The fraction of sp³-hybridized carbons (Fsp3) is 0.235. The lowest BCUT2D eigenvalue weighted by atomic mass is 10.2. The number of aryl methyl sites for hydroxylation is 1. The van der Waals surface area contributed by atoms with Crippen LogP contribution in [0.1, 0.15) is 12.5 Å². The van der Waals surface area contributed by atoms with E-state index >= 15 is 0 Å². The molecule has 0 saturated carbocycles. The molecule has 0 aliphatic carbocycles. The summed E-state index contributed by atoms with van der Waals surface area (Å²) in [5.41, 5.74) is 1.03. The van der Waals surface area contributed by atoms with Crippen LogP contribution in [0.2, 0.25) is 5.02 Å². The molecule has 0 spiro atoms. The Labute approximate surface area is 152 Å². The first-order valence-corrected chi connectivity index (χ1v) is 9.46. The third kappa shape index (κ3) is 5.37. The molecule has 0 atom stereocenters. The Morgan fingerprint density at radius 3 is 2.44 bits per heavy atom. The Bertz CT molecular complexity index is 851. The van der Waals surface area contributed by atoms with E-state index < -0.39 is 10.0 Å². The SMILES string of the molecule is CCNC(=O)COc1ccc(S(=O)(=O)Nc2ccc(Cl)cc2)cc1C. The van der Waals surface area contributed by atoms with Crippen molar-refractivity contribution in [1.82, 2.24) is 5.32 Å². The summed E-state index contributed by atoms with van der Waals surface area (Å²) in [6.07, 6.45) is 0. The fourth-order valence-electron chi connectivity index (χ4n) is 2.07. The minimum Gasteiger partial charge on any atom is -0.484 e. The average Bonchev–Trinajstić information content (AvgIpc) is 2.56.